The molecule has 2 aromatic heterocycles. The van der Waals surface area contributed by atoms with E-state index in [1.54, 1.807) is 12.1 Å². The molecule has 0 bridgehead atoms. The molecule has 0 amide bonds. The van der Waals surface area contributed by atoms with Crippen LogP contribution in [-0.4, -0.2) is 19.9 Å². The van der Waals surface area contributed by atoms with E-state index in [0.29, 0.717) is 15.2 Å². The largest absolute Gasteiger partial charge is 0.248 e. The minimum atomic E-state index is 0.0523. The lowest BCUT2D eigenvalue weighted by Crippen LogP contribution is -1.92. The van der Waals surface area contributed by atoms with Gasteiger partial charge in [0.2, 0.25) is 10.6 Å². The van der Waals surface area contributed by atoms with E-state index < -0.39 is 0 Å². The normalized spacial score (nSPS) is 10.4. The predicted octanol–water partition coefficient (Wildman–Crippen LogP) is 3.38. The molecule has 0 aliphatic carbocycles. The van der Waals surface area contributed by atoms with Gasteiger partial charge in [0.25, 0.3) is 0 Å². The number of pyridine rings is 1. The molecule has 0 spiro atoms. The third-order valence-electron chi connectivity index (χ3n) is 1.46. The van der Waals surface area contributed by atoms with Crippen LogP contribution in [0.2, 0.25) is 15.6 Å². The number of aromatic nitrogens is 4. The molecule has 82 valence electrons. The van der Waals surface area contributed by atoms with Crippen molar-refractivity contribution in [3.63, 3.8) is 0 Å². The molecule has 0 aliphatic rings. The molecule has 2 heterocycles. The van der Waals surface area contributed by atoms with Crippen molar-refractivity contribution in [1.82, 2.24) is 19.9 Å². The first kappa shape index (κ1) is 11.9. The van der Waals surface area contributed by atoms with Gasteiger partial charge in [-0.2, -0.15) is 15.0 Å². The topological polar surface area (TPSA) is 51.6 Å². The van der Waals surface area contributed by atoms with Gasteiger partial charge in [-0.1, -0.05) is 11.6 Å². The number of halogens is 3. The zero-order valence-electron chi connectivity index (χ0n) is 7.56. The Labute approximate surface area is 110 Å². The summed E-state index contributed by atoms with van der Waals surface area (Å²) in [5.41, 5.74) is 0. The number of hydrogen-bond acceptors (Lipinski definition) is 5. The zero-order valence-corrected chi connectivity index (χ0v) is 10.6. The van der Waals surface area contributed by atoms with Crippen molar-refractivity contribution in [3.8, 4) is 0 Å². The molecule has 4 nitrogen and oxygen atoms in total. The summed E-state index contributed by atoms with van der Waals surface area (Å²) in [5.74, 6) is 0. The Morgan fingerprint density at radius 1 is 0.938 bits per heavy atom. The minimum absolute atomic E-state index is 0.0523. The number of nitrogens with zero attached hydrogens (tertiary/aromatic N) is 4. The molecule has 0 aliphatic heterocycles. The molecule has 0 aromatic carbocycles. The monoisotopic (exact) mass is 292 g/mol. The van der Waals surface area contributed by atoms with Gasteiger partial charge in [-0.15, -0.1) is 0 Å². The van der Waals surface area contributed by atoms with Crippen LogP contribution in [0.15, 0.2) is 28.5 Å². The molecule has 2 aromatic rings. The quantitative estimate of drug-likeness (QED) is 0.849. The van der Waals surface area contributed by atoms with Gasteiger partial charge in [-0.25, -0.2) is 4.98 Å². The highest BCUT2D eigenvalue weighted by Gasteiger charge is 2.06. The SMILES string of the molecule is Clc1ccc(Sc2nc(Cl)nc(Cl)n2)nc1. The van der Waals surface area contributed by atoms with Crippen molar-refractivity contribution in [2.45, 2.75) is 10.2 Å². The molecule has 8 heteroatoms. The van der Waals surface area contributed by atoms with Crippen LogP contribution in [0.3, 0.4) is 0 Å². The molecule has 0 unspecified atom stereocenters. The molecular weight excluding hydrogens is 291 g/mol. The van der Waals surface area contributed by atoms with Crippen molar-refractivity contribution in [1.29, 1.82) is 0 Å². The lowest BCUT2D eigenvalue weighted by atomic mass is 10.5. The number of hydrogen-bond donors (Lipinski definition) is 0. The van der Waals surface area contributed by atoms with E-state index in [4.69, 9.17) is 34.8 Å². The molecule has 0 saturated heterocycles. The molecule has 2 rings (SSSR count). The van der Waals surface area contributed by atoms with Crippen molar-refractivity contribution in [2.24, 2.45) is 0 Å². The van der Waals surface area contributed by atoms with Crippen LogP contribution in [0.25, 0.3) is 0 Å². The van der Waals surface area contributed by atoms with Gasteiger partial charge in [0.1, 0.15) is 5.03 Å². The van der Waals surface area contributed by atoms with Crippen molar-refractivity contribution >= 4 is 46.6 Å². The second kappa shape index (κ2) is 5.14. The lowest BCUT2D eigenvalue weighted by molar-refractivity contribution is 0.900. The Balaban J connectivity index is 2.23. The third-order valence-corrected chi connectivity index (χ3v) is 2.83. The van der Waals surface area contributed by atoms with Gasteiger partial charge in [0.05, 0.1) is 5.02 Å². The second-order valence-electron chi connectivity index (χ2n) is 2.57. The highest BCUT2D eigenvalue weighted by molar-refractivity contribution is 7.99. The lowest BCUT2D eigenvalue weighted by Gasteiger charge is -1.99. The maximum Gasteiger partial charge on any atom is 0.227 e. The fourth-order valence-electron chi connectivity index (χ4n) is 0.871. The van der Waals surface area contributed by atoms with Crippen LogP contribution < -0.4 is 0 Å². The van der Waals surface area contributed by atoms with Crippen LogP contribution in [0.4, 0.5) is 0 Å². The van der Waals surface area contributed by atoms with Crippen molar-refractivity contribution in [2.75, 3.05) is 0 Å². The average molecular weight is 294 g/mol. The molecule has 16 heavy (non-hydrogen) atoms. The summed E-state index contributed by atoms with van der Waals surface area (Å²) in [6, 6.07) is 3.47. The van der Waals surface area contributed by atoms with E-state index in [1.165, 1.54) is 18.0 Å². The van der Waals surface area contributed by atoms with Crippen LogP contribution in [0.1, 0.15) is 0 Å². The summed E-state index contributed by atoms with van der Waals surface area (Å²) in [4.78, 5) is 15.5. The Bertz CT molecular complexity index is 485. The summed E-state index contributed by atoms with van der Waals surface area (Å²) in [6.45, 7) is 0. The third kappa shape index (κ3) is 3.18. The smallest absolute Gasteiger partial charge is 0.227 e. The highest BCUT2D eigenvalue weighted by atomic mass is 35.5. The van der Waals surface area contributed by atoms with Gasteiger partial charge in [0, 0.05) is 6.20 Å². The fraction of sp³-hybridized carbons (Fsp3) is 0. The van der Waals surface area contributed by atoms with Crippen LogP contribution >= 0.6 is 46.6 Å². The molecule has 0 atom stereocenters. The van der Waals surface area contributed by atoms with Crippen molar-refractivity contribution < 1.29 is 0 Å². The van der Waals surface area contributed by atoms with E-state index in [9.17, 15) is 0 Å². The first-order chi connectivity index (χ1) is 7.63. The Morgan fingerprint density at radius 3 is 2.19 bits per heavy atom. The van der Waals surface area contributed by atoms with Crippen molar-refractivity contribution in [3.05, 3.63) is 33.9 Å². The molecule has 0 saturated carbocycles. The van der Waals surface area contributed by atoms with E-state index in [1.807, 2.05) is 0 Å². The summed E-state index contributed by atoms with van der Waals surface area (Å²) >= 11 is 18.2. The Morgan fingerprint density at radius 2 is 1.62 bits per heavy atom. The summed E-state index contributed by atoms with van der Waals surface area (Å²) in [5, 5.41) is 1.76. The number of rotatable bonds is 2. The Kier molecular flexibility index (Phi) is 3.81. The van der Waals surface area contributed by atoms with Crippen LogP contribution in [0, 0.1) is 0 Å². The second-order valence-corrected chi connectivity index (χ2v) is 4.67. The molecule has 0 radical (unpaired) electrons. The van der Waals surface area contributed by atoms with Gasteiger partial charge >= 0.3 is 0 Å². The van der Waals surface area contributed by atoms with Gasteiger partial charge in [-0.3, -0.25) is 0 Å². The average Bonchev–Trinajstić information content (AvgIpc) is 2.20. The maximum absolute atomic E-state index is 5.71. The summed E-state index contributed by atoms with van der Waals surface area (Å²) in [7, 11) is 0. The summed E-state index contributed by atoms with van der Waals surface area (Å²) < 4.78 is 0. The van der Waals surface area contributed by atoms with Gasteiger partial charge < -0.3 is 0 Å². The highest BCUT2D eigenvalue weighted by Crippen LogP contribution is 2.24. The van der Waals surface area contributed by atoms with Gasteiger partial charge in [0.15, 0.2) is 5.16 Å². The molecular formula is C8H3Cl3N4S. The van der Waals surface area contributed by atoms with E-state index >= 15 is 0 Å². The molecule has 0 N–H and O–H groups in total. The van der Waals surface area contributed by atoms with Gasteiger partial charge in [-0.05, 0) is 47.1 Å². The fourth-order valence-corrected chi connectivity index (χ4v) is 2.14. The Hall–Kier alpha value is -0.620. The zero-order chi connectivity index (χ0) is 11.5. The van der Waals surface area contributed by atoms with E-state index in [0.717, 1.165) is 0 Å². The van der Waals surface area contributed by atoms with Crippen LogP contribution in [0.5, 0.6) is 0 Å². The standard InChI is InChI=1S/C8H3Cl3N4S/c9-4-1-2-5(12-3-4)16-8-14-6(10)13-7(11)15-8/h1-3H. The van der Waals surface area contributed by atoms with Crippen LogP contribution in [-0.2, 0) is 0 Å². The minimum Gasteiger partial charge on any atom is -0.248 e. The first-order valence-electron chi connectivity index (χ1n) is 4.00. The summed E-state index contributed by atoms with van der Waals surface area (Å²) in [6.07, 6.45) is 1.54. The molecule has 0 fully saturated rings. The van der Waals surface area contributed by atoms with E-state index in [2.05, 4.69) is 19.9 Å². The maximum atomic E-state index is 5.71. The first-order valence-corrected chi connectivity index (χ1v) is 5.95. The predicted molar refractivity (Wildman–Crippen MR) is 63.2 cm³/mol. The van der Waals surface area contributed by atoms with E-state index in [-0.39, 0.29) is 10.6 Å².